The molecule has 2 rings (SSSR count). The zero-order valence-electron chi connectivity index (χ0n) is 11.3. The van der Waals surface area contributed by atoms with E-state index in [9.17, 15) is 9.59 Å². The topological polar surface area (TPSA) is 100 Å². The Hall–Kier alpha value is -2.12. The smallest absolute Gasteiger partial charge is 0.325 e. The minimum Gasteiger partial charge on any atom is -0.480 e. The minimum atomic E-state index is -0.977. The first-order valence-electron chi connectivity index (χ1n) is 6.79. The van der Waals surface area contributed by atoms with Gasteiger partial charge in [-0.05, 0) is 12.8 Å². The molecule has 8 nitrogen and oxygen atoms in total. The number of carbonyl (C=O) groups excluding carboxylic acids is 1. The molecule has 1 aliphatic heterocycles. The minimum absolute atomic E-state index is 0.0975. The molecule has 8 heteroatoms. The molecule has 0 radical (unpaired) electrons. The van der Waals surface area contributed by atoms with Crippen molar-refractivity contribution >= 4 is 12.0 Å². The molecule has 0 aliphatic carbocycles. The Labute approximate surface area is 116 Å². The van der Waals surface area contributed by atoms with Crippen LogP contribution in [0.2, 0.25) is 0 Å². The molecule has 1 saturated heterocycles. The van der Waals surface area contributed by atoms with Crippen LogP contribution in [0.15, 0.2) is 6.20 Å². The van der Waals surface area contributed by atoms with Crippen LogP contribution in [0, 0.1) is 0 Å². The summed E-state index contributed by atoms with van der Waals surface area (Å²) in [5, 5.41) is 18.9. The molecule has 1 aromatic heterocycles. The third kappa shape index (κ3) is 4.22. The Morgan fingerprint density at radius 3 is 2.60 bits per heavy atom. The number of urea groups is 1. The molecule has 0 spiro atoms. The van der Waals surface area contributed by atoms with Crippen LogP contribution in [0.25, 0.3) is 0 Å². The number of aromatic nitrogens is 3. The van der Waals surface area contributed by atoms with Crippen LogP contribution in [-0.2, 0) is 17.9 Å². The van der Waals surface area contributed by atoms with E-state index in [2.05, 4.69) is 15.6 Å². The summed E-state index contributed by atoms with van der Waals surface area (Å²) in [7, 11) is 0. The number of likely N-dealkylation sites (tertiary alicyclic amines) is 1. The predicted molar refractivity (Wildman–Crippen MR) is 69.9 cm³/mol. The van der Waals surface area contributed by atoms with Gasteiger partial charge >= 0.3 is 12.0 Å². The summed E-state index contributed by atoms with van der Waals surface area (Å²) >= 11 is 0. The maximum absolute atomic E-state index is 12.0. The van der Waals surface area contributed by atoms with Crippen LogP contribution in [0.3, 0.4) is 0 Å². The number of carboxylic acids is 1. The summed E-state index contributed by atoms with van der Waals surface area (Å²) in [5.41, 5.74) is 0.550. The molecule has 2 N–H and O–H groups in total. The van der Waals surface area contributed by atoms with Crippen molar-refractivity contribution in [2.45, 2.75) is 38.8 Å². The van der Waals surface area contributed by atoms with E-state index in [1.807, 2.05) is 4.90 Å². The van der Waals surface area contributed by atoms with E-state index in [0.29, 0.717) is 5.69 Å². The standard InChI is InChI=1S/C12H19N5O3/c18-11(19)9-17-8-10(14-15-17)7-13-12(20)16-5-3-1-2-4-6-16/h8H,1-7,9H2,(H,13,20)(H,18,19). The normalized spacial score (nSPS) is 15.7. The zero-order valence-corrected chi connectivity index (χ0v) is 11.3. The van der Waals surface area contributed by atoms with Crippen molar-refractivity contribution in [2.24, 2.45) is 0 Å². The second-order valence-corrected chi connectivity index (χ2v) is 4.86. The van der Waals surface area contributed by atoms with E-state index in [0.717, 1.165) is 25.9 Å². The fraction of sp³-hybridized carbons (Fsp3) is 0.667. The third-order valence-corrected chi connectivity index (χ3v) is 3.20. The number of hydrogen-bond donors (Lipinski definition) is 2. The van der Waals surface area contributed by atoms with E-state index in [4.69, 9.17) is 5.11 Å². The Kier molecular flexibility index (Phi) is 4.91. The first-order chi connectivity index (χ1) is 9.65. The van der Waals surface area contributed by atoms with Crippen molar-refractivity contribution < 1.29 is 14.7 Å². The lowest BCUT2D eigenvalue weighted by atomic mass is 10.2. The Bertz CT molecular complexity index is 465. The molecule has 0 bridgehead atoms. The monoisotopic (exact) mass is 281 g/mol. The summed E-state index contributed by atoms with van der Waals surface area (Å²) in [4.78, 5) is 24.3. The van der Waals surface area contributed by atoms with E-state index in [-0.39, 0.29) is 19.1 Å². The summed E-state index contributed by atoms with van der Waals surface area (Å²) in [6, 6.07) is -0.0975. The Balaban J connectivity index is 1.80. The summed E-state index contributed by atoms with van der Waals surface area (Å²) < 4.78 is 1.23. The number of hydrogen-bond acceptors (Lipinski definition) is 4. The number of amides is 2. The molecule has 1 fully saturated rings. The maximum atomic E-state index is 12.0. The average molecular weight is 281 g/mol. The highest BCUT2D eigenvalue weighted by atomic mass is 16.4. The van der Waals surface area contributed by atoms with Crippen LogP contribution < -0.4 is 5.32 Å². The predicted octanol–water partition coefficient (Wildman–Crippen LogP) is 0.448. The highest BCUT2D eigenvalue weighted by Gasteiger charge is 2.15. The lowest BCUT2D eigenvalue weighted by Crippen LogP contribution is -2.40. The van der Waals surface area contributed by atoms with Crippen LogP contribution in [0.5, 0.6) is 0 Å². The van der Waals surface area contributed by atoms with Crippen molar-refractivity contribution in [3.8, 4) is 0 Å². The van der Waals surface area contributed by atoms with Crippen LogP contribution >= 0.6 is 0 Å². The van der Waals surface area contributed by atoms with Gasteiger partial charge in [-0.2, -0.15) is 0 Å². The van der Waals surface area contributed by atoms with Gasteiger partial charge < -0.3 is 15.3 Å². The second-order valence-electron chi connectivity index (χ2n) is 4.86. The molecule has 0 atom stereocenters. The van der Waals surface area contributed by atoms with Crippen molar-refractivity contribution in [1.29, 1.82) is 0 Å². The first kappa shape index (κ1) is 14.3. The summed E-state index contributed by atoms with van der Waals surface area (Å²) in [5.74, 6) is -0.977. The fourth-order valence-corrected chi connectivity index (χ4v) is 2.19. The maximum Gasteiger partial charge on any atom is 0.325 e. The van der Waals surface area contributed by atoms with Gasteiger partial charge in [-0.3, -0.25) is 4.79 Å². The molecule has 0 unspecified atom stereocenters. The van der Waals surface area contributed by atoms with Gasteiger partial charge in [0.2, 0.25) is 0 Å². The van der Waals surface area contributed by atoms with Gasteiger partial charge in [-0.15, -0.1) is 5.10 Å². The lowest BCUT2D eigenvalue weighted by molar-refractivity contribution is -0.137. The molecular weight excluding hydrogens is 262 g/mol. The summed E-state index contributed by atoms with van der Waals surface area (Å²) in [6.07, 6.45) is 5.96. The van der Waals surface area contributed by atoms with E-state index >= 15 is 0 Å². The van der Waals surface area contributed by atoms with E-state index in [1.165, 1.54) is 23.7 Å². The van der Waals surface area contributed by atoms with Crippen molar-refractivity contribution in [1.82, 2.24) is 25.2 Å². The molecule has 0 saturated carbocycles. The molecule has 110 valence electrons. The average Bonchev–Trinajstić information content (AvgIpc) is 2.67. The van der Waals surface area contributed by atoms with Gasteiger partial charge in [0.05, 0.1) is 12.7 Å². The van der Waals surface area contributed by atoms with Gasteiger partial charge in [-0.1, -0.05) is 18.1 Å². The number of aliphatic carboxylic acids is 1. The van der Waals surface area contributed by atoms with E-state index < -0.39 is 5.97 Å². The van der Waals surface area contributed by atoms with Crippen molar-refractivity contribution in [2.75, 3.05) is 13.1 Å². The van der Waals surface area contributed by atoms with Gasteiger partial charge in [0.1, 0.15) is 12.2 Å². The van der Waals surface area contributed by atoms with Gasteiger partial charge in [0, 0.05) is 13.1 Å². The van der Waals surface area contributed by atoms with Crippen LogP contribution in [-0.4, -0.2) is 50.1 Å². The van der Waals surface area contributed by atoms with E-state index in [1.54, 1.807) is 0 Å². The molecule has 1 aliphatic rings. The van der Waals surface area contributed by atoms with Crippen molar-refractivity contribution in [3.05, 3.63) is 11.9 Å². The van der Waals surface area contributed by atoms with Crippen LogP contribution in [0.4, 0.5) is 4.79 Å². The number of carbonyl (C=O) groups is 2. The molecule has 0 aromatic carbocycles. The molecular formula is C12H19N5O3. The number of rotatable bonds is 4. The molecule has 2 amide bonds. The van der Waals surface area contributed by atoms with Gasteiger partial charge in [0.15, 0.2) is 0 Å². The van der Waals surface area contributed by atoms with Crippen LogP contribution in [0.1, 0.15) is 31.4 Å². The Morgan fingerprint density at radius 1 is 1.25 bits per heavy atom. The lowest BCUT2D eigenvalue weighted by Gasteiger charge is -2.20. The largest absolute Gasteiger partial charge is 0.480 e. The molecule has 1 aromatic rings. The van der Waals surface area contributed by atoms with Crippen molar-refractivity contribution in [3.63, 3.8) is 0 Å². The number of nitrogens with zero attached hydrogens (tertiary/aromatic N) is 4. The zero-order chi connectivity index (χ0) is 14.4. The number of nitrogens with one attached hydrogen (secondary N) is 1. The molecule has 20 heavy (non-hydrogen) atoms. The van der Waals surface area contributed by atoms with Gasteiger partial charge in [-0.25, -0.2) is 9.48 Å². The SMILES string of the molecule is O=C(O)Cn1cc(CNC(=O)N2CCCCCC2)nn1. The number of carboxylic acid groups (broad SMARTS) is 1. The Morgan fingerprint density at radius 2 is 1.95 bits per heavy atom. The highest BCUT2D eigenvalue weighted by molar-refractivity contribution is 5.74. The summed E-state index contributed by atoms with van der Waals surface area (Å²) in [6.45, 7) is 1.61. The highest BCUT2D eigenvalue weighted by Crippen LogP contribution is 2.09. The fourth-order valence-electron chi connectivity index (χ4n) is 2.19. The van der Waals surface area contributed by atoms with Gasteiger partial charge in [0.25, 0.3) is 0 Å². The molecule has 2 heterocycles. The second kappa shape index (κ2) is 6.88. The first-order valence-corrected chi connectivity index (χ1v) is 6.79. The quantitative estimate of drug-likeness (QED) is 0.834. The third-order valence-electron chi connectivity index (χ3n) is 3.20.